The first-order chi connectivity index (χ1) is 11.4. The van der Waals surface area contributed by atoms with E-state index in [1.54, 1.807) is 24.3 Å². The van der Waals surface area contributed by atoms with Crippen LogP contribution in [0.5, 0.6) is 0 Å². The molecule has 128 valence electrons. The lowest BCUT2D eigenvalue weighted by Gasteiger charge is -2.23. The maximum absolute atomic E-state index is 12.2. The summed E-state index contributed by atoms with van der Waals surface area (Å²) in [4.78, 5) is 34.3. The van der Waals surface area contributed by atoms with Crippen molar-refractivity contribution >= 4 is 35.1 Å². The molecule has 2 amide bonds. The number of carboxylic acid groups (broad SMARTS) is 1. The van der Waals surface area contributed by atoms with Crippen LogP contribution in [0.1, 0.15) is 18.4 Å². The van der Waals surface area contributed by atoms with Crippen molar-refractivity contribution in [3.05, 3.63) is 34.9 Å². The zero-order valence-corrected chi connectivity index (χ0v) is 13.3. The quantitative estimate of drug-likeness (QED) is 0.575. The summed E-state index contributed by atoms with van der Waals surface area (Å²) >= 11 is 6.04. The lowest BCUT2D eigenvalue weighted by molar-refractivity contribution is -0.148. The molecule has 1 aliphatic heterocycles. The molecule has 0 fully saturated rings. The van der Waals surface area contributed by atoms with E-state index >= 15 is 0 Å². The Kier molecular flexibility index (Phi) is 5.88. The van der Waals surface area contributed by atoms with E-state index in [1.165, 1.54) is 0 Å². The van der Waals surface area contributed by atoms with Gasteiger partial charge in [0.2, 0.25) is 5.91 Å². The Morgan fingerprint density at radius 1 is 1.33 bits per heavy atom. The second-order valence-corrected chi connectivity index (χ2v) is 5.66. The Balaban J connectivity index is 2.14. The molecule has 0 saturated carbocycles. The number of nitrogens with zero attached hydrogens (tertiary/aromatic N) is 1. The van der Waals surface area contributed by atoms with Gasteiger partial charge in [0.15, 0.2) is 6.10 Å². The van der Waals surface area contributed by atoms with Gasteiger partial charge in [-0.1, -0.05) is 29.8 Å². The van der Waals surface area contributed by atoms with Crippen molar-refractivity contribution in [1.82, 2.24) is 10.7 Å². The molecule has 2 rings (SSSR count). The number of hydrogen-bond donors (Lipinski definition) is 4. The van der Waals surface area contributed by atoms with Crippen LogP contribution in [0.3, 0.4) is 0 Å². The summed E-state index contributed by atoms with van der Waals surface area (Å²) in [5, 5.41) is 25.4. The summed E-state index contributed by atoms with van der Waals surface area (Å²) in [6, 6.07) is 5.63. The fraction of sp³-hybridized carbons (Fsp3) is 0.333. The third-order valence-electron chi connectivity index (χ3n) is 3.51. The number of hydrogen-bond acceptors (Lipinski definition) is 5. The number of carbonyl (C=O) groups is 3. The first-order valence-electron chi connectivity index (χ1n) is 7.19. The topological polar surface area (TPSA) is 128 Å². The molecule has 0 radical (unpaired) electrons. The summed E-state index contributed by atoms with van der Waals surface area (Å²) in [6.07, 6.45) is -1.54. The smallest absolute Gasteiger partial charge is 0.334 e. The molecule has 24 heavy (non-hydrogen) atoms. The normalized spacial score (nSPS) is 16.6. The second kappa shape index (κ2) is 7.89. The van der Waals surface area contributed by atoms with E-state index in [0.29, 0.717) is 10.6 Å². The number of carboxylic acids is 1. The maximum atomic E-state index is 12.2. The minimum atomic E-state index is -1.82. The zero-order chi connectivity index (χ0) is 17.7. The molecule has 1 aromatic carbocycles. The van der Waals surface area contributed by atoms with Gasteiger partial charge >= 0.3 is 5.97 Å². The van der Waals surface area contributed by atoms with E-state index in [1.807, 2.05) is 0 Å². The van der Waals surface area contributed by atoms with Gasteiger partial charge in [-0.3, -0.25) is 9.59 Å². The van der Waals surface area contributed by atoms with Gasteiger partial charge in [-0.05, 0) is 18.1 Å². The number of nitrogens with one attached hydrogen (secondary N) is 2. The predicted octanol–water partition coefficient (Wildman–Crippen LogP) is 0.0788. The summed E-state index contributed by atoms with van der Waals surface area (Å²) in [7, 11) is 0. The van der Waals surface area contributed by atoms with Crippen molar-refractivity contribution < 1.29 is 24.6 Å². The highest BCUT2D eigenvalue weighted by atomic mass is 35.5. The predicted molar refractivity (Wildman–Crippen MR) is 85.5 cm³/mol. The van der Waals surface area contributed by atoms with Gasteiger partial charge in [0.25, 0.3) is 5.91 Å². The maximum Gasteiger partial charge on any atom is 0.334 e. The van der Waals surface area contributed by atoms with E-state index in [-0.39, 0.29) is 30.9 Å². The number of benzene rings is 1. The Morgan fingerprint density at radius 3 is 2.62 bits per heavy atom. The summed E-state index contributed by atoms with van der Waals surface area (Å²) in [5.41, 5.74) is 2.84. The van der Waals surface area contributed by atoms with Crippen LogP contribution in [0.15, 0.2) is 29.4 Å². The van der Waals surface area contributed by atoms with Crippen LogP contribution in [0.25, 0.3) is 0 Å². The molecule has 9 heteroatoms. The summed E-state index contributed by atoms with van der Waals surface area (Å²) in [6.45, 7) is 0. The van der Waals surface area contributed by atoms with E-state index in [0.717, 1.165) is 0 Å². The van der Waals surface area contributed by atoms with Crippen molar-refractivity contribution in [1.29, 1.82) is 0 Å². The van der Waals surface area contributed by atoms with Crippen molar-refractivity contribution in [2.75, 3.05) is 0 Å². The Morgan fingerprint density at radius 2 is 2.04 bits per heavy atom. The average Bonchev–Trinajstić information content (AvgIpc) is 2.56. The number of aliphatic carboxylic acids is 1. The number of aliphatic hydroxyl groups excluding tert-OH is 1. The monoisotopic (exact) mass is 353 g/mol. The molecule has 0 bridgehead atoms. The van der Waals surface area contributed by atoms with E-state index in [2.05, 4.69) is 15.8 Å². The summed E-state index contributed by atoms with van der Waals surface area (Å²) < 4.78 is 0. The van der Waals surface area contributed by atoms with Crippen molar-refractivity contribution in [2.24, 2.45) is 5.10 Å². The van der Waals surface area contributed by atoms with Crippen LogP contribution in [0.4, 0.5) is 0 Å². The average molecular weight is 354 g/mol. The Hall–Kier alpha value is -2.45. The molecule has 0 aliphatic carbocycles. The number of aliphatic hydroxyl groups is 1. The second-order valence-electron chi connectivity index (χ2n) is 5.25. The van der Waals surface area contributed by atoms with Gasteiger partial charge < -0.3 is 15.5 Å². The standard InChI is InChI=1S/C15H16ClN3O5/c16-9-4-2-1-3-8(9)7-11(13(21)15(23)24)17-14(22)10-5-6-12(20)19-18-10/h1-4,11,13,21H,5-7H2,(H,17,22)(H,19,20)(H,23,24)/t11-,13-/m1/s1. The van der Waals surface area contributed by atoms with Gasteiger partial charge in [0.05, 0.1) is 6.04 Å². The minimum Gasteiger partial charge on any atom is -0.479 e. The van der Waals surface area contributed by atoms with Crippen LogP contribution < -0.4 is 10.7 Å². The highest BCUT2D eigenvalue weighted by Crippen LogP contribution is 2.18. The van der Waals surface area contributed by atoms with E-state index in [4.69, 9.17) is 16.7 Å². The van der Waals surface area contributed by atoms with Crippen LogP contribution in [-0.4, -0.2) is 45.9 Å². The van der Waals surface area contributed by atoms with Gasteiger partial charge in [0.1, 0.15) is 5.71 Å². The number of hydrazone groups is 1. The highest BCUT2D eigenvalue weighted by Gasteiger charge is 2.30. The molecular formula is C15H16ClN3O5. The van der Waals surface area contributed by atoms with E-state index < -0.39 is 24.0 Å². The number of carbonyl (C=O) groups excluding carboxylic acids is 2. The molecule has 0 aromatic heterocycles. The Labute approximate surface area is 142 Å². The number of halogens is 1. The molecule has 2 atom stereocenters. The van der Waals surface area contributed by atoms with Crippen molar-refractivity contribution in [3.8, 4) is 0 Å². The lowest BCUT2D eigenvalue weighted by Crippen LogP contribution is -2.51. The fourth-order valence-corrected chi connectivity index (χ4v) is 2.42. The molecule has 4 N–H and O–H groups in total. The van der Waals surface area contributed by atoms with E-state index in [9.17, 15) is 19.5 Å². The summed E-state index contributed by atoms with van der Waals surface area (Å²) in [5.74, 6) is -2.41. The molecule has 1 heterocycles. The molecule has 0 saturated heterocycles. The molecule has 0 spiro atoms. The van der Waals surface area contributed by atoms with Gasteiger partial charge in [0, 0.05) is 17.9 Å². The first kappa shape index (κ1) is 17.9. The molecule has 1 aliphatic rings. The molecule has 8 nitrogen and oxygen atoms in total. The van der Waals surface area contributed by atoms with Crippen molar-refractivity contribution in [2.45, 2.75) is 31.4 Å². The van der Waals surface area contributed by atoms with Gasteiger partial charge in [-0.2, -0.15) is 5.10 Å². The third-order valence-corrected chi connectivity index (χ3v) is 3.88. The Bertz CT molecular complexity index is 691. The molecule has 1 aromatic rings. The molecular weight excluding hydrogens is 338 g/mol. The highest BCUT2D eigenvalue weighted by molar-refractivity contribution is 6.39. The SMILES string of the molecule is O=C1CCC(C(=O)N[C@H](Cc2ccccc2Cl)[C@@H](O)C(=O)O)=NN1. The largest absolute Gasteiger partial charge is 0.479 e. The number of amides is 2. The zero-order valence-electron chi connectivity index (χ0n) is 12.5. The van der Waals surface area contributed by atoms with Crippen LogP contribution in [0.2, 0.25) is 5.02 Å². The van der Waals surface area contributed by atoms with Crippen molar-refractivity contribution in [3.63, 3.8) is 0 Å². The van der Waals surface area contributed by atoms with Gasteiger partial charge in [-0.25, -0.2) is 10.2 Å². The molecule has 0 unspecified atom stereocenters. The van der Waals surface area contributed by atoms with Crippen LogP contribution >= 0.6 is 11.6 Å². The third kappa shape index (κ3) is 4.53. The minimum absolute atomic E-state index is 0.0263. The first-order valence-corrected chi connectivity index (χ1v) is 7.57. The number of rotatable bonds is 6. The fourth-order valence-electron chi connectivity index (χ4n) is 2.20. The van der Waals surface area contributed by atoms with Crippen LogP contribution in [0, 0.1) is 0 Å². The lowest BCUT2D eigenvalue weighted by atomic mass is 10.0. The van der Waals surface area contributed by atoms with Crippen LogP contribution in [-0.2, 0) is 20.8 Å². The van der Waals surface area contributed by atoms with Gasteiger partial charge in [-0.15, -0.1) is 0 Å².